The molecule has 0 unspecified atom stereocenters. The van der Waals surface area contributed by atoms with Crippen LogP contribution in [-0.4, -0.2) is 57.0 Å². The summed E-state index contributed by atoms with van der Waals surface area (Å²) >= 11 is 0. The van der Waals surface area contributed by atoms with Crippen molar-refractivity contribution in [2.45, 2.75) is 50.6 Å². The zero-order chi connectivity index (χ0) is 18.7. The summed E-state index contributed by atoms with van der Waals surface area (Å²) in [7, 11) is 0. The van der Waals surface area contributed by atoms with Crippen LogP contribution in [0, 0.1) is 17.8 Å². The van der Waals surface area contributed by atoms with Crippen LogP contribution < -0.4 is 0 Å². The molecule has 28 heavy (non-hydrogen) atoms. The van der Waals surface area contributed by atoms with Gasteiger partial charge in [0.15, 0.2) is 0 Å². The molecular weight excluding hydrogens is 348 g/mol. The van der Waals surface area contributed by atoms with E-state index in [1.54, 1.807) is 6.33 Å². The monoisotopic (exact) mass is 378 g/mol. The lowest BCUT2D eigenvalue weighted by molar-refractivity contribution is -0.138. The molecule has 0 atom stereocenters. The van der Waals surface area contributed by atoms with E-state index in [0.717, 1.165) is 55.0 Å². The van der Waals surface area contributed by atoms with E-state index in [9.17, 15) is 4.79 Å². The second-order valence-corrected chi connectivity index (χ2v) is 9.87. The van der Waals surface area contributed by atoms with Gasteiger partial charge in [0.1, 0.15) is 6.54 Å². The first-order valence-electron chi connectivity index (χ1n) is 11.1. The highest BCUT2D eigenvalue weighted by Crippen LogP contribution is 2.57. The lowest BCUT2D eigenvalue weighted by Gasteiger charge is -2.61. The molecule has 0 spiro atoms. The molecule has 5 aliphatic rings. The van der Waals surface area contributed by atoms with Gasteiger partial charge in [0.25, 0.3) is 0 Å². The number of piperazine rings is 1. The Bertz CT molecular complexity index is 860. The summed E-state index contributed by atoms with van der Waals surface area (Å²) in [6.07, 6.45) is 10.6. The smallest absolute Gasteiger partial charge is 0.242 e. The maximum absolute atomic E-state index is 12.9. The number of nitrogens with zero attached hydrogens (tertiary/aromatic N) is 4. The number of fused-ring (bicyclic) bond motifs is 1. The predicted molar refractivity (Wildman–Crippen MR) is 109 cm³/mol. The van der Waals surface area contributed by atoms with Gasteiger partial charge in [-0.1, -0.05) is 12.1 Å². The number of benzene rings is 1. The van der Waals surface area contributed by atoms with Crippen LogP contribution in [0.15, 0.2) is 30.6 Å². The second-order valence-electron chi connectivity index (χ2n) is 9.87. The summed E-state index contributed by atoms with van der Waals surface area (Å²) in [5.41, 5.74) is 2.48. The van der Waals surface area contributed by atoms with Gasteiger partial charge in [-0.15, -0.1) is 0 Å². The lowest BCUT2D eigenvalue weighted by atomic mass is 9.52. The van der Waals surface area contributed by atoms with Crippen molar-refractivity contribution in [3.8, 4) is 0 Å². The van der Waals surface area contributed by atoms with Gasteiger partial charge in [0.05, 0.1) is 17.4 Å². The van der Waals surface area contributed by atoms with Gasteiger partial charge in [-0.3, -0.25) is 9.69 Å². The van der Waals surface area contributed by atoms with Crippen LogP contribution in [0.2, 0.25) is 0 Å². The van der Waals surface area contributed by atoms with Gasteiger partial charge in [-0.2, -0.15) is 0 Å². The summed E-state index contributed by atoms with van der Waals surface area (Å²) in [5, 5.41) is 0. The molecule has 4 aliphatic carbocycles. The Hall–Kier alpha value is -1.88. The van der Waals surface area contributed by atoms with Crippen molar-refractivity contribution in [2.24, 2.45) is 17.8 Å². The molecule has 5 fully saturated rings. The van der Waals surface area contributed by atoms with Crippen LogP contribution in [0.25, 0.3) is 11.0 Å². The van der Waals surface area contributed by atoms with Gasteiger partial charge in [-0.05, 0) is 68.4 Å². The van der Waals surface area contributed by atoms with Crippen molar-refractivity contribution in [1.29, 1.82) is 0 Å². The first-order chi connectivity index (χ1) is 13.7. The summed E-state index contributed by atoms with van der Waals surface area (Å²) in [6, 6.07) is 8.04. The molecule has 2 aromatic rings. The van der Waals surface area contributed by atoms with E-state index < -0.39 is 0 Å². The summed E-state index contributed by atoms with van der Waals surface area (Å²) in [4.78, 5) is 22.2. The molecule has 4 bridgehead atoms. The molecule has 7 rings (SSSR count). The highest BCUT2D eigenvalue weighted by atomic mass is 16.2. The summed E-state index contributed by atoms with van der Waals surface area (Å²) in [6.45, 7) is 4.28. The van der Waals surface area contributed by atoms with Crippen LogP contribution in [0.3, 0.4) is 0 Å². The normalized spacial score (nSPS) is 35.0. The average molecular weight is 379 g/mol. The summed E-state index contributed by atoms with van der Waals surface area (Å²) < 4.78 is 1.99. The van der Waals surface area contributed by atoms with Gasteiger partial charge in [0, 0.05) is 31.7 Å². The third kappa shape index (κ3) is 2.70. The molecule has 1 amide bonds. The van der Waals surface area contributed by atoms with E-state index in [1.165, 1.54) is 38.5 Å². The van der Waals surface area contributed by atoms with E-state index >= 15 is 0 Å². The van der Waals surface area contributed by atoms with E-state index in [-0.39, 0.29) is 5.91 Å². The number of imidazole rings is 1. The number of rotatable bonds is 3. The number of para-hydroxylation sites is 2. The van der Waals surface area contributed by atoms with Crippen LogP contribution in [0.1, 0.15) is 38.5 Å². The molecule has 1 aromatic carbocycles. The Morgan fingerprint density at radius 3 is 2.29 bits per heavy atom. The van der Waals surface area contributed by atoms with Gasteiger partial charge in [-0.25, -0.2) is 4.98 Å². The molecular formula is C23H30N4O. The Labute approximate surface area is 166 Å². The largest absolute Gasteiger partial charge is 0.339 e. The number of hydrogen-bond acceptors (Lipinski definition) is 3. The van der Waals surface area contributed by atoms with Crippen LogP contribution in [-0.2, 0) is 11.3 Å². The molecule has 1 aromatic heterocycles. The zero-order valence-electron chi connectivity index (χ0n) is 16.6. The number of aromatic nitrogens is 2. The topological polar surface area (TPSA) is 41.4 Å². The van der Waals surface area contributed by atoms with Crippen molar-refractivity contribution in [3.63, 3.8) is 0 Å². The molecule has 0 N–H and O–H groups in total. The fourth-order valence-electron chi connectivity index (χ4n) is 7.26. The predicted octanol–water partition coefficient (Wildman–Crippen LogP) is 3.15. The van der Waals surface area contributed by atoms with Crippen molar-refractivity contribution >= 4 is 16.9 Å². The maximum Gasteiger partial charge on any atom is 0.242 e. The van der Waals surface area contributed by atoms with Crippen LogP contribution in [0.5, 0.6) is 0 Å². The van der Waals surface area contributed by atoms with Gasteiger partial charge >= 0.3 is 0 Å². The van der Waals surface area contributed by atoms with Crippen molar-refractivity contribution in [2.75, 3.05) is 26.2 Å². The maximum atomic E-state index is 12.9. The minimum Gasteiger partial charge on any atom is -0.339 e. The Balaban J connectivity index is 1.11. The minimum atomic E-state index is 0.230. The Kier molecular flexibility index (Phi) is 3.84. The second kappa shape index (κ2) is 6.31. The first kappa shape index (κ1) is 17.0. The van der Waals surface area contributed by atoms with E-state index in [1.807, 2.05) is 28.8 Å². The summed E-state index contributed by atoms with van der Waals surface area (Å²) in [5.74, 6) is 3.19. The molecule has 0 radical (unpaired) electrons. The van der Waals surface area contributed by atoms with Gasteiger partial charge in [0.2, 0.25) is 5.91 Å². The molecule has 2 heterocycles. The standard InChI is InChI=1S/C23H30N4O/c28-22(15-26-16-24-20-3-1-2-4-21(20)26)25-5-7-27(8-6-25)23-12-17-9-18(13-23)11-19(10-17)14-23/h1-4,16-19H,5-15H2. The van der Waals surface area contributed by atoms with Gasteiger partial charge < -0.3 is 9.47 Å². The Morgan fingerprint density at radius 2 is 1.61 bits per heavy atom. The zero-order valence-corrected chi connectivity index (χ0v) is 16.6. The minimum absolute atomic E-state index is 0.230. The van der Waals surface area contributed by atoms with Crippen LogP contribution in [0.4, 0.5) is 0 Å². The van der Waals surface area contributed by atoms with Crippen molar-refractivity contribution < 1.29 is 4.79 Å². The SMILES string of the molecule is O=C(Cn1cnc2ccccc21)N1CCN(C23CC4CC(CC(C4)C2)C3)CC1. The van der Waals surface area contributed by atoms with Crippen LogP contribution >= 0.6 is 0 Å². The number of carbonyl (C=O) groups is 1. The first-order valence-corrected chi connectivity index (χ1v) is 11.1. The molecule has 148 valence electrons. The lowest BCUT2D eigenvalue weighted by Crippen LogP contribution is -2.64. The third-order valence-corrected chi connectivity index (χ3v) is 8.14. The van der Waals surface area contributed by atoms with E-state index in [0.29, 0.717) is 12.1 Å². The number of amides is 1. The fourth-order valence-corrected chi connectivity index (χ4v) is 7.26. The van der Waals surface area contributed by atoms with Crippen molar-refractivity contribution in [1.82, 2.24) is 19.4 Å². The molecule has 4 saturated carbocycles. The fraction of sp³-hybridized carbons (Fsp3) is 0.652. The highest BCUT2D eigenvalue weighted by Gasteiger charge is 2.53. The van der Waals surface area contributed by atoms with Crippen molar-refractivity contribution in [3.05, 3.63) is 30.6 Å². The molecule has 1 saturated heterocycles. The Morgan fingerprint density at radius 1 is 0.964 bits per heavy atom. The average Bonchev–Trinajstić information content (AvgIpc) is 3.10. The number of carbonyl (C=O) groups excluding carboxylic acids is 1. The molecule has 5 nitrogen and oxygen atoms in total. The molecule has 1 aliphatic heterocycles. The third-order valence-electron chi connectivity index (χ3n) is 8.14. The highest BCUT2D eigenvalue weighted by molar-refractivity contribution is 5.80. The number of hydrogen-bond donors (Lipinski definition) is 0. The van der Waals surface area contributed by atoms with E-state index in [4.69, 9.17) is 0 Å². The quantitative estimate of drug-likeness (QED) is 0.824. The molecule has 5 heteroatoms. The van der Waals surface area contributed by atoms with E-state index in [2.05, 4.69) is 14.8 Å².